The van der Waals surface area contributed by atoms with E-state index in [1.807, 2.05) is 24.3 Å². The van der Waals surface area contributed by atoms with E-state index in [4.69, 9.17) is 0 Å². The smallest absolute Gasteiger partial charge is 0.0914 e. The van der Waals surface area contributed by atoms with E-state index in [1.54, 1.807) is 0 Å². The van der Waals surface area contributed by atoms with Gasteiger partial charge in [0.2, 0.25) is 0 Å². The maximum atomic E-state index is 10.1. The third kappa shape index (κ3) is 4.09. The van der Waals surface area contributed by atoms with Gasteiger partial charge in [-0.15, -0.1) is 0 Å². The lowest BCUT2D eigenvalue weighted by Crippen LogP contribution is -2.34. The van der Waals surface area contributed by atoms with E-state index in [2.05, 4.69) is 21.2 Å². The van der Waals surface area contributed by atoms with Gasteiger partial charge in [0.15, 0.2) is 0 Å². The molecule has 1 unspecified atom stereocenters. The Morgan fingerprint density at radius 2 is 2.06 bits per heavy atom. The second-order valence-corrected chi connectivity index (χ2v) is 5.73. The fourth-order valence-electron chi connectivity index (χ4n) is 2.42. The van der Waals surface area contributed by atoms with E-state index in [0.717, 1.165) is 10.0 Å². The van der Waals surface area contributed by atoms with Gasteiger partial charge in [-0.3, -0.25) is 0 Å². The molecule has 0 radical (unpaired) electrons. The minimum Gasteiger partial charge on any atom is -0.387 e. The van der Waals surface area contributed by atoms with Gasteiger partial charge in [-0.2, -0.15) is 0 Å². The summed E-state index contributed by atoms with van der Waals surface area (Å²) in [5.74, 6) is 0. The Morgan fingerprint density at radius 3 is 2.76 bits per heavy atom. The zero-order valence-corrected chi connectivity index (χ0v) is 11.6. The fourth-order valence-corrected chi connectivity index (χ4v) is 2.83. The van der Waals surface area contributed by atoms with Crippen molar-refractivity contribution in [2.24, 2.45) is 0 Å². The molecular weight excluding hydrogens is 278 g/mol. The Labute approximate surface area is 112 Å². The number of hydrogen-bond donors (Lipinski definition) is 2. The van der Waals surface area contributed by atoms with Crippen molar-refractivity contribution in [3.63, 3.8) is 0 Å². The van der Waals surface area contributed by atoms with Crippen molar-refractivity contribution in [2.45, 2.75) is 44.2 Å². The van der Waals surface area contributed by atoms with Crippen molar-refractivity contribution in [2.75, 3.05) is 6.54 Å². The summed E-state index contributed by atoms with van der Waals surface area (Å²) in [4.78, 5) is 0. The molecule has 3 heteroatoms. The number of rotatable bonds is 4. The lowest BCUT2D eigenvalue weighted by molar-refractivity contribution is 0.165. The SMILES string of the molecule is OC(CNC1CCCCC1)c1cccc(Br)c1. The van der Waals surface area contributed by atoms with Crippen molar-refractivity contribution in [1.82, 2.24) is 5.32 Å². The van der Waals surface area contributed by atoms with Crippen LogP contribution in [0, 0.1) is 0 Å². The summed E-state index contributed by atoms with van der Waals surface area (Å²) in [5.41, 5.74) is 0.975. The first-order valence-corrected chi connectivity index (χ1v) is 7.22. The summed E-state index contributed by atoms with van der Waals surface area (Å²) in [6.45, 7) is 0.654. The summed E-state index contributed by atoms with van der Waals surface area (Å²) in [6, 6.07) is 8.49. The number of aliphatic hydroxyl groups is 1. The van der Waals surface area contributed by atoms with Gasteiger partial charge in [0.1, 0.15) is 0 Å². The van der Waals surface area contributed by atoms with Crippen LogP contribution in [0.2, 0.25) is 0 Å². The summed E-state index contributed by atoms with van der Waals surface area (Å²) < 4.78 is 1.02. The first-order valence-electron chi connectivity index (χ1n) is 6.42. The average molecular weight is 298 g/mol. The van der Waals surface area contributed by atoms with E-state index in [1.165, 1.54) is 32.1 Å². The molecule has 17 heavy (non-hydrogen) atoms. The highest BCUT2D eigenvalue weighted by molar-refractivity contribution is 9.10. The highest BCUT2D eigenvalue weighted by atomic mass is 79.9. The van der Waals surface area contributed by atoms with Crippen LogP contribution < -0.4 is 5.32 Å². The quantitative estimate of drug-likeness (QED) is 0.893. The molecule has 2 nitrogen and oxygen atoms in total. The van der Waals surface area contributed by atoms with E-state index in [9.17, 15) is 5.11 Å². The molecule has 0 amide bonds. The van der Waals surface area contributed by atoms with Gasteiger partial charge in [-0.05, 0) is 30.5 Å². The number of nitrogens with one attached hydrogen (secondary N) is 1. The molecule has 0 saturated heterocycles. The van der Waals surface area contributed by atoms with Crippen molar-refractivity contribution in [3.8, 4) is 0 Å². The lowest BCUT2D eigenvalue weighted by atomic mass is 9.95. The molecular formula is C14H20BrNO. The molecule has 1 aromatic carbocycles. The Kier molecular flexibility index (Phi) is 5.01. The maximum absolute atomic E-state index is 10.1. The first kappa shape index (κ1) is 13.1. The normalized spacial score (nSPS) is 19.2. The Bertz CT molecular complexity index is 350. The largest absolute Gasteiger partial charge is 0.387 e. The predicted molar refractivity (Wildman–Crippen MR) is 74.0 cm³/mol. The summed E-state index contributed by atoms with van der Waals surface area (Å²) in [7, 11) is 0. The highest BCUT2D eigenvalue weighted by Gasteiger charge is 2.15. The zero-order chi connectivity index (χ0) is 12.1. The molecule has 1 saturated carbocycles. The summed E-state index contributed by atoms with van der Waals surface area (Å²) >= 11 is 3.43. The third-order valence-corrected chi connectivity index (χ3v) is 3.93. The molecule has 1 atom stereocenters. The lowest BCUT2D eigenvalue weighted by Gasteiger charge is -2.24. The van der Waals surface area contributed by atoms with Crippen LogP contribution in [0.3, 0.4) is 0 Å². The van der Waals surface area contributed by atoms with Crippen molar-refractivity contribution < 1.29 is 5.11 Å². The third-order valence-electron chi connectivity index (χ3n) is 3.44. The average Bonchev–Trinajstić information content (AvgIpc) is 2.37. The standard InChI is InChI=1S/C14H20BrNO/c15-12-6-4-5-11(9-12)14(17)10-16-13-7-2-1-3-8-13/h4-6,9,13-14,16-17H,1-3,7-8,10H2. The van der Waals surface area contributed by atoms with Gasteiger partial charge in [0, 0.05) is 17.1 Å². The predicted octanol–water partition coefficient (Wildman–Crippen LogP) is 3.40. The van der Waals surface area contributed by atoms with Crippen molar-refractivity contribution in [1.29, 1.82) is 0 Å². The van der Waals surface area contributed by atoms with Crippen LogP contribution in [0.4, 0.5) is 0 Å². The topological polar surface area (TPSA) is 32.3 Å². The Morgan fingerprint density at radius 1 is 1.29 bits per heavy atom. The second-order valence-electron chi connectivity index (χ2n) is 4.81. The molecule has 0 aromatic heterocycles. The van der Waals surface area contributed by atoms with Crippen LogP contribution in [0.1, 0.15) is 43.8 Å². The monoisotopic (exact) mass is 297 g/mol. The molecule has 1 fully saturated rings. The molecule has 0 bridgehead atoms. The number of hydrogen-bond acceptors (Lipinski definition) is 2. The second kappa shape index (κ2) is 6.53. The van der Waals surface area contributed by atoms with E-state index in [-0.39, 0.29) is 0 Å². The maximum Gasteiger partial charge on any atom is 0.0914 e. The molecule has 1 aliphatic carbocycles. The Hall–Kier alpha value is -0.380. The van der Waals surface area contributed by atoms with Crippen LogP contribution in [-0.2, 0) is 0 Å². The van der Waals surface area contributed by atoms with Crippen LogP contribution in [0.15, 0.2) is 28.7 Å². The van der Waals surface area contributed by atoms with Gasteiger partial charge >= 0.3 is 0 Å². The van der Waals surface area contributed by atoms with Gasteiger partial charge in [-0.25, -0.2) is 0 Å². The minimum atomic E-state index is -0.408. The van der Waals surface area contributed by atoms with Gasteiger partial charge in [0.25, 0.3) is 0 Å². The van der Waals surface area contributed by atoms with Gasteiger partial charge < -0.3 is 10.4 Å². The van der Waals surface area contributed by atoms with Gasteiger partial charge in [0.05, 0.1) is 6.10 Å². The molecule has 2 rings (SSSR count). The molecule has 2 N–H and O–H groups in total. The fraction of sp³-hybridized carbons (Fsp3) is 0.571. The molecule has 0 aliphatic heterocycles. The van der Waals surface area contributed by atoms with Crippen molar-refractivity contribution in [3.05, 3.63) is 34.3 Å². The first-order chi connectivity index (χ1) is 8.25. The molecule has 1 aromatic rings. The summed E-state index contributed by atoms with van der Waals surface area (Å²) in [6.07, 6.45) is 6.12. The van der Waals surface area contributed by atoms with Crippen LogP contribution in [0.5, 0.6) is 0 Å². The molecule has 1 aliphatic rings. The van der Waals surface area contributed by atoms with E-state index < -0.39 is 6.10 Å². The number of halogens is 1. The molecule has 0 heterocycles. The van der Waals surface area contributed by atoms with E-state index in [0.29, 0.717) is 12.6 Å². The van der Waals surface area contributed by atoms with Crippen molar-refractivity contribution >= 4 is 15.9 Å². The highest BCUT2D eigenvalue weighted by Crippen LogP contribution is 2.20. The van der Waals surface area contributed by atoms with Crippen LogP contribution in [-0.4, -0.2) is 17.7 Å². The Balaban J connectivity index is 1.82. The van der Waals surface area contributed by atoms with E-state index >= 15 is 0 Å². The minimum absolute atomic E-state index is 0.408. The summed E-state index contributed by atoms with van der Waals surface area (Å²) in [5, 5.41) is 13.6. The number of aliphatic hydroxyl groups excluding tert-OH is 1. The zero-order valence-electron chi connectivity index (χ0n) is 10.0. The van der Waals surface area contributed by atoms with Crippen LogP contribution >= 0.6 is 15.9 Å². The van der Waals surface area contributed by atoms with Gasteiger partial charge in [-0.1, -0.05) is 47.3 Å². The molecule has 0 spiro atoms. The van der Waals surface area contributed by atoms with Crippen LogP contribution in [0.25, 0.3) is 0 Å². The molecule has 94 valence electrons. The number of benzene rings is 1.